The van der Waals surface area contributed by atoms with E-state index in [1.54, 1.807) is 6.07 Å². The highest BCUT2D eigenvalue weighted by Crippen LogP contribution is 2.29. The predicted octanol–water partition coefficient (Wildman–Crippen LogP) is 3.72. The van der Waals surface area contributed by atoms with E-state index >= 15 is 0 Å². The molecule has 1 saturated carbocycles. The summed E-state index contributed by atoms with van der Waals surface area (Å²) in [5, 5.41) is 12.7. The molecular weight excluding hydrogens is 358 g/mol. The van der Waals surface area contributed by atoms with E-state index in [0.717, 1.165) is 36.8 Å². The average molecular weight is 392 g/mol. The summed E-state index contributed by atoms with van der Waals surface area (Å²) in [6.45, 7) is 6.39. The van der Waals surface area contributed by atoms with Crippen molar-refractivity contribution in [2.24, 2.45) is 5.92 Å². The summed E-state index contributed by atoms with van der Waals surface area (Å²) in [6, 6.07) is 5.42. The summed E-state index contributed by atoms with van der Waals surface area (Å²) in [6.07, 6.45) is 6.64. The maximum absolute atomic E-state index is 10.7. The zero-order chi connectivity index (χ0) is 20.9. The highest BCUT2D eigenvalue weighted by molar-refractivity contribution is 5.63. The molecule has 0 spiro atoms. The monoisotopic (exact) mass is 391 g/mol. The van der Waals surface area contributed by atoms with E-state index in [1.807, 2.05) is 46.0 Å². The Kier molecular flexibility index (Phi) is 11.0. The number of carbonyl (C=O) groups is 2. The van der Waals surface area contributed by atoms with Gasteiger partial charge in [-0.05, 0) is 50.3 Å². The number of aldehydes is 1. The largest absolute Gasteiger partial charge is 0.490 e. The molecule has 6 heteroatoms. The van der Waals surface area contributed by atoms with Gasteiger partial charge in [0.2, 0.25) is 0 Å². The van der Waals surface area contributed by atoms with Gasteiger partial charge in [0, 0.05) is 37.2 Å². The number of carbonyl (C=O) groups excluding carboxylic acids is 2. The molecule has 2 atom stereocenters. The van der Waals surface area contributed by atoms with E-state index in [4.69, 9.17) is 9.47 Å². The molecular formula is C22H33NO5. The Morgan fingerprint density at radius 2 is 2.07 bits per heavy atom. The number of hydrogen-bond acceptors (Lipinski definition) is 6. The lowest BCUT2D eigenvalue weighted by molar-refractivity contribution is -0.120. The fourth-order valence-electron chi connectivity index (χ4n) is 2.78. The van der Waals surface area contributed by atoms with Gasteiger partial charge in [-0.25, -0.2) is 0 Å². The number of nitrogens with one attached hydrogen (secondary N) is 1. The van der Waals surface area contributed by atoms with E-state index in [9.17, 15) is 14.7 Å². The zero-order valence-electron chi connectivity index (χ0n) is 17.3. The molecule has 2 unspecified atom stereocenters. The van der Waals surface area contributed by atoms with Crippen LogP contribution in [0.15, 0.2) is 23.9 Å². The molecule has 0 heterocycles. The minimum absolute atomic E-state index is 0.00766. The van der Waals surface area contributed by atoms with Crippen LogP contribution in [-0.4, -0.2) is 37.1 Å². The van der Waals surface area contributed by atoms with E-state index in [1.165, 1.54) is 0 Å². The lowest BCUT2D eigenvalue weighted by atomic mass is 9.95. The number of ether oxygens (including phenoxy) is 2. The summed E-state index contributed by atoms with van der Waals surface area (Å²) < 4.78 is 11.0. The van der Waals surface area contributed by atoms with Gasteiger partial charge in [0.15, 0.2) is 0 Å². The van der Waals surface area contributed by atoms with Gasteiger partial charge in [-0.1, -0.05) is 13.8 Å². The Balaban J connectivity index is 0.000000568. The fraction of sp³-hybridized carbons (Fsp3) is 0.545. The van der Waals surface area contributed by atoms with Crippen LogP contribution in [0.3, 0.4) is 0 Å². The van der Waals surface area contributed by atoms with E-state index < -0.39 is 0 Å². The third-order valence-corrected chi connectivity index (χ3v) is 4.40. The van der Waals surface area contributed by atoms with Crippen molar-refractivity contribution in [1.29, 1.82) is 0 Å². The summed E-state index contributed by atoms with van der Waals surface area (Å²) in [5.74, 6) is 1.64. The van der Waals surface area contributed by atoms with Gasteiger partial charge in [-0.15, -0.1) is 0 Å². The van der Waals surface area contributed by atoms with Gasteiger partial charge in [0.25, 0.3) is 6.47 Å². The van der Waals surface area contributed by atoms with Crippen molar-refractivity contribution in [3.63, 3.8) is 0 Å². The van der Waals surface area contributed by atoms with Crippen molar-refractivity contribution >= 4 is 18.8 Å². The molecule has 2 N–H and O–H groups in total. The van der Waals surface area contributed by atoms with Gasteiger partial charge in [-0.2, -0.15) is 0 Å². The summed E-state index contributed by atoms with van der Waals surface area (Å²) in [7, 11) is 1.83. The second kappa shape index (κ2) is 12.9. The first kappa shape index (κ1) is 23.7. The lowest BCUT2D eigenvalue weighted by Crippen LogP contribution is -2.28. The summed E-state index contributed by atoms with van der Waals surface area (Å²) in [4.78, 5) is 20.3. The molecule has 1 aliphatic carbocycles. The van der Waals surface area contributed by atoms with Crippen molar-refractivity contribution < 1.29 is 24.2 Å². The molecule has 156 valence electrons. The predicted molar refractivity (Wildman–Crippen MR) is 110 cm³/mol. The Bertz CT molecular complexity index is 642. The maximum atomic E-state index is 10.7. The second-order valence-corrected chi connectivity index (χ2v) is 7.35. The highest BCUT2D eigenvalue weighted by atomic mass is 16.5. The van der Waals surface area contributed by atoms with Crippen LogP contribution in [0, 0.1) is 5.92 Å². The lowest BCUT2D eigenvalue weighted by Gasteiger charge is -2.26. The molecule has 2 rings (SSSR count). The Morgan fingerprint density at radius 1 is 1.32 bits per heavy atom. The van der Waals surface area contributed by atoms with E-state index in [-0.39, 0.29) is 12.2 Å². The molecule has 0 bridgehead atoms. The number of aliphatic hydroxyl groups excluding tert-OH is 1. The molecule has 1 fully saturated rings. The maximum Gasteiger partial charge on any atom is 0.298 e. The Labute approximate surface area is 167 Å². The first-order chi connectivity index (χ1) is 13.4. The van der Waals surface area contributed by atoms with Crippen LogP contribution < -0.4 is 14.8 Å². The fourth-order valence-corrected chi connectivity index (χ4v) is 2.78. The van der Waals surface area contributed by atoms with Crippen LogP contribution in [0.25, 0.3) is 6.08 Å². The molecule has 1 aromatic carbocycles. The van der Waals surface area contributed by atoms with Crippen LogP contribution >= 0.6 is 0 Å². The van der Waals surface area contributed by atoms with Gasteiger partial charge in [-0.3, -0.25) is 4.79 Å². The minimum atomic E-state index is -0.287. The van der Waals surface area contributed by atoms with E-state index in [0.29, 0.717) is 36.7 Å². The van der Waals surface area contributed by atoms with Gasteiger partial charge in [0.1, 0.15) is 23.9 Å². The molecule has 1 aromatic rings. The summed E-state index contributed by atoms with van der Waals surface area (Å²) >= 11 is 0. The molecule has 0 saturated heterocycles. The third kappa shape index (κ3) is 9.04. The van der Waals surface area contributed by atoms with Crippen LogP contribution in [0.5, 0.6) is 11.5 Å². The molecule has 0 radical (unpaired) electrons. The summed E-state index contributed by atoms with van der Waals surface area (Å²) in [5.41, 5.74) is 1.76. The minimum Gasteiger partial charge on any atom is -0.490 e. The second-order valence-electron chi connectivity index (χ2n) is 7.35. The van der Waals surface area contributed by atoms with Crippen LogP contribution in [0.2, 0.25) is 0 Å². The topological polar surface area (TPSA) is 84.9 Å². The van der Waals surface area contributed by atoms with Crippen molar-refractivity contribution in [3.8, 4) is 11.5 Å². The van der Waals surface area contributed by atoms with Crippen LogP contribution in [0.4, 0.5) is 0 Å². The van der Waals surface area contributed by atoms with Crippen molar-refractivity contribution in [2.75, 3.05) is 7.05 Å². The number of allylic oxidation sites excluding steroid dienone is 1. The van der Waals surface area contributed by atoms with Crippen molar-refractivity contribution in [1.82, 2.24) is 5.32 Å². The molecule has 0 amide bonds. The Morgan fingerprint density at radius 3 is 2.61 bits per heavy atom. The Hall–Kier alpha value is -2.34. The normalized spacial score (nSPS) is 19.3. The zero-order valence-corrected chi connectivity index (χ0v) is 17.3. The molecule has 0 aliphatic heterocycles. The van der Waals surface area contributed by atoms with Crippen molar-refractivity contribution in [3.05, 3.63) is 29.5 Å². The van der Waals surface area contributed by atoms with E-state index in [2.05, 4.69) is 5.32 Å². The number of aliphatic hydroxyl groups is 1. The number of hydrogen-bond donors (Lipinski definition) is 2. The highest BCUT2D eigenvalue weighted by Gasteiger charge is 2.21. The standard InChI is InChI=1S/C17H23NO4.C5H10O/c1-12(18-2)8-13-6-7-16(10-17(13)21-11-19)22-15-5-3-4-14(20)9-15;1-5(2)3-4-6/h6-8,10-11,14-15,18,20H,3-5,9H2,1-2H3;4-5H,3H2,1-2H3/b12-8+;. The number of rotatable bonds is 8. The molecule has 28 heavy (non-hydrogen) atoms. The average Bonchev–Trinajstić information content (AvgIpc) is 2.64. The van der Waals surface area contributed by atoms with Gasteiger partial charge < -0.3 is 24.7 Å². The molecule has 6 nitrogen and oxygen atoms in total. The molecule has 1 aliphatic rings. The smallest absolute Gasteiger partial charge is 0.298 e. The van der Waals surface area contributed by atoms with Crippen molar-refractivity contribution in [2.45, 2.75) is 65.1 Å². The van der Waals surface area contributed by atoms with Gasteiger partial charge >= 0.3 is 0 Å². The van der Waals surface area contributed by atoms with Gasteiger partial charge in [0.05, 0.1) is 6.10 Å². The first-order valence-electron chi connectivity index (χ1n) is 9.78. The number of benzene rings is 1. The third-order valence-electron chi connectivity index (χ3n) is 4.40. The molecule has 0 aromatic heterocycles. The first-order valence-corrected chi connectivity index (χ1v) is 9.78. The van der Waals surface area contributed by atoms with Crippen LogP contribution in [0.1, 0.15) is 58.4 Å². The van der Waals surface area contributed by atoms with Crippen LogP contribution in [-0.2, 0) is 9.59 Å². The SMILES string of the molecule is CC(C)CC=O.CN/C(C)=C/c1ccc(OC2CCCC(O)C2)cc1OC=O. The quantitative estimate of drug-likeness (QED) is 0.657.